The highest BCUT2D eigenvalue weighted by Gasteiger charge is 2.32. The average molecular weight is 745 g/mol. The molecule has 0 saturated carbocycles. The average Bonchev–Trinajstić information content (AvgIpc) is 3.54. The SMILES string of the molecule is NCCCC[C@H](NC(=O)[C@H](CCCCN)NC(=O)[C@H](Cc1c[nH]c2ccccc12)NC(=O)[C@H](CCCCN)NC(=O)[C@@H](N)CCCN=C(N)N)C(=O)O. The van der Waals surface area contributed by atoms with Crippen LogP contribution in [-0.4, -0.2) is 102 Å². The third kappa shape index (κ3) is 16.2. The van der Waals surface area contributed by atoms with E-state index in [1.54, 1.807) is 6.20 Å². The number of rotatable bonds is 27. The Morgan fingerprint density at radius 2 is 1.15 bits per heavy atom. The lowest BCUT2D eigenvalue weighted by Gasteiger charge is -2.26. The molecule has 2 rings (SSSR count). The maximum absolute atomic E-state index is 14.1. The number of para-hydroxylation sites is 1. The standard InChI is InChI=1S/C35H60N12O6/c36-16-6-3-13-26(44-30(48)24(39)11-9-19-42-35(40)41)32(50)47-29(20-22-21-43-25-12-2-1-10-23(22)25)33(51)45-27(14-4-7-17-37)31(49)46-28(34(52)53)15-5-8-18-38/h1-2,10,12,21,24,26-29,43H,3-9,11,13-20,36-39H2,(H,44,48)(H,45,51)(H,46,49)(H,47,50)(H,52,53)(H4,40,41,42)/t24-,26-,27-,28-,29-/m0/s1. The Hall–Kier alpha value is -4.78. The van der Waals surface area contributed by atoms with Crippen molar-refractivity contribution >= 4 is 46.5 Å². The third-order valence-corrected chi connectivity index (χ3v) is 8.76. The highest BCUT2D eigenvalue weighted by molar-refractivity contribution is 5.96. The zero-order chi connectivity index (χ0) is 39.2. The number of unbranched alkanes of at least 4 members (excludes halogenated alkanes) is 3. The van der Waals surface area contributed by atoms with Gasteiger partial charge in [-0.1, -0.05) is 18.2 Å². The lowest BCUT2D eigenvalue weighted by atomic mass is 10.0. The van der Waals surface area contributed by atoms with Gasteiger partial charge in [-0.3, -0.25) is 24.2 Å². The highest BCUT2D eigenvalue weighted by Crippen LogP contribution is 2.20. The largest absolute Gasteiger partial charge is 0.480 e. The van der Waals surface area contributed by atoms with Gasteiger partial charge in [0, 0.05) is 30.1 Å². The molecule has 0 saturated heterocycles. The number of aromatic amines is 1. The monoisotopic (exact) mass is 744 g/mol. The molecule has 2 aromatic rings. The summed E-state index contributed by atoms with van der Waals surface area (Å²) in [4.78, 5) is 73.6. The van der Waals surface area contributed by atoms with E-state index in [-0.39, 0.29) is 44.6 Å². The molecular formula is C35H60N12O6. The van der Waals surface area contributed by atoms with Crippen LogP contribution in [0.25, 0.3) is 10.9 Å². The van der Waals surface area contributed by atoms with Gasteiger partial charge in [0.15, 0.2) is 5.96 Å². The smallest absolute Gasteiger partial charge is 0.326 e. The van der Waals surface area contributed by atoms with Crippen LogP contribution >= 0.6 is 0 Å². The molecule has 1 aromatic heterocycles. The second kappa shape index (κ2) is 24.5. The highest BCUT2D eigenvalue weighted by atomic mass is 16.4. The number of aliphatic carboxylic acids is 1. The van der Waals surface area contributed by atoms with Crippen LogP contribution in [0, 0.1) is 0 Å². The molecule has 0 fully saturated rings. The van der Waals surface area contributed by atoms with Crippen molar-refractivity contribution in [2.75, 3.05) is 26.2 Å². The van der Waals surface area contributed by atoms with Crippen molar-refractivity contribution < 1.29 is 29.1 Å². The van der Waals surface area contributed by atoms with Crippen LogP contribution in [0.1, 0.15) is 76.2 Å². The van der Waals surface area contributed by atoms with Gasteiger partial charge in [0.1, 0.15) is 24.2 Å². The van der Waals surface area contributed by atoms with Crippen LogP contribution in [-0.2, 0) is 30.4 Å². The number of guanidine groups is 1. The minimum atomic E-state index is -1.21. The van der Waals surface area contributed by atoms with Crippen molar-refractivity contribution in [3.8, 4) is 0 Å². The number of nitrogens with two attached hydrogens (primary N) is 6. The van der Waals surface area contributed by atoms with Gasteiger partial charge in [-0.15, -0.1) is 0 Å². The number of nitrogens with zero attached hydrogens (tertiary/aromatic N) is 1. The molecule has 0 aliphatic heterocycles. The van der Waals surface area contributed by atoms with Crippen LogP contribution in [0.2, 0.25) is 0 Å². The van der Waals surface area contributed by atoms with Crippen molar-refractivity contribution in [3.05, 3.63) is 36.0 Å². The van der Waals surface area contributed by atoms with E-state index in [9.17, 15) is 29.1 Å². The molecule has 0 bridgehead atoms. The van der Waals surface area contributed by atoms with Crippen molar-refractivity contribution in [1.29, 1.82) is 0 Å². The Morgan fingerprint density at radius 3 is 1.70 bits per heavy atom. The van der Waals surface area contributed by atoms with E-state index in [0.717, 1.165) is 16.5 Å². The van der Waals surface area contributed by atoms with Crippen molar-refractivity contribution in [2.45, 2.75) is 107 Å². The molecule has 296 valence electrons. The third-order valence-electron chi connectivity index (χ3n) is 8.76. The molecule has 0 unspecified atom stereocenters. The Bertz CT molecular complexity index is 1480. The first kappa shape index (κ1) is 44.4. The lowest BCUT2D eigenvalue weighted by Crippen LogP contribution is -2.59. The van der Waals surface area contributed by atoms with E-state index in [2.05, 4.69) is 31.2 Å². The summed E-state index contributed by atoms with van der Waals surface area (Å²) in [6.07, 6.45) is 6.24. The summed E-state index contributed by atoms with van der Waals surface area (Å²) < 4.78 is 0. The molecule has 53 heavy (non-hydrogen) atoms. The summed E-state index contributed by atoms with van der Waals surface area (Å²) in [5.41, 5.74) is 35.3. The molecule has 1 aromatic carbocycles. The van der Waals surface area contributed by atoms with Crippen molar-refractivity contribution in [2.24, 2.45) is 39.4 Å². The summed E-state index contributed by atoms with van der Waals surface area (Å²) in [5.74, 6) is -3.81. The Kier molecular flexibility index (Phi) is 20.5. The quantitative estimate of drug-likeness (QED) is 0.0283. The van der Waals surface area contributed by atoms with Crippen molar-refractivity contribution in [1.82, 2.24) is 26.3 Å². The number of hydrogen-bond acceptors (Lipinski definition) is 10. The normalized spacial score (nSPS) is 14.0. The Morgan fingerprint density at radius 1 is 0.660 bits per heavy atom. The zero-order valence-corrected chi connectivity index (χ0v) is 30.5. The molecule has 18 heteroatoms. The molecule has 18 N–H and O–H groups in total. The predicted octanol–water partition coefficient (Wildman–Crippen LogP) is -1.50. The van der Waals surface area contributed by atoms with Crippen molar-refractivity contribution in [3.63, 3.8) is 0 Å². The topological polar surface area (TPSA) is 338 Å². The maximum atomic E-state index is 14.1. The second-order valence-corrected chi connectivity index (χ2v) is 13.1. The zero-order valence-electron chi connectivity index (χ0n) is 30.5. The van der Waals surface area contributed by atoms with Gasteiger partial charge >= 0.3 is 5.97 Å². The molecular weight excluding hydrogens is 684 g/mol. The number of aromatic nitrogens is 1. The van der Waals surface area contributed by atoms with E-state index < -0.39 is 59.8 Å². The van der Waals surface area contributed by atoms with E-state index >= 15 is 0 Å². The fourth-order valence-electron chi connectivity index (χ4n) is 5.75. The lowest BCUT2D eigenvalue weighted by molar-refractivity contribution is -0.142. The van der Waals surface area contributed by atoms with Gasteiger partial charge in [-0.05, 0) is 102 Å². The number of aliphatic imine (C=N–C) groups is 1. The number of benzene rings is 1. The minimum Gasteiger partial charge on any atom is -0.480 e. The molecule has 0 radical (unpaired) electrons. The summed E-state index contributed by atoms with van der Waals surface area (Å²) in [5, 5.41) is 21.4. The minimum absolute atomic E-state index is 0.0311. The summed E-state index contributed by atoms with van der Waals surface area (Å²) in [7, 11) is 0. The van der Waals surface area contributed by atoms with Crippen LogP contribution in [0.5, 0.6) is 0 Å². The number of nitrogens with one attached hydrogen (secondary N) is 5. The summed E-state index contributed by atoms with van der Waals surface area (Å²) >= 11 is 0. The summed E-state index contributed by atoms with van der Waals surface area (Å²) in [6, 6.07) is 1.96. The number of amides is 4. The second-order valence-electron chi connectivity index (χ2n) is 13.1. The molecule has 1 heterocycles. The van der Waals surface area contributed by atoms with E-state index in [0.29, 0.717) is 64.6 Å². The van der Waals surface area contributed by atoms with Gasteiger partial charge in [0.25, 0.3) is 0 Å². The van der Waals surface area contributed by atoms with Gasteiger partial charge in [-0.25, -0.2) is 4.79 Å². The number of H-pyrrole nitrogens is 1. The maximum Gasteiger partial charge on any atom is 0.326 e. The van der Waals surface area contributed by atoms with Crippen LogP contribution in [0.3, 0.4) is 0 Å². The number of carboxylic acid groups (broad SMARTS) is 1. The van der Waals surface area contributed by atoms with Gasteiger partial charge in [0.2, 0.25) is 23.6 Å². The van der Waals surface area contributed by atoms with Gasteiger partial charge in [-0.2, -0.15) is 0 Å². The fourth-order valence-corrected chi connectivity index (χ4v) is 5.75. The molecule has 0 aliphatic carbocycles. The van der Waals surface area contributed by atoms with Crippen LogP contribution in [0.4, 0.5) is 0 Å². The molecule has 5 atom stereocenters. The number of carbonyl (C=O) groups excluding carboxylic acids is 4. The summed E-state index contributed by atoms with van der Waals surface area (Å²) in [6.45, 7) is 1.40. The van der Waals surface area contributed by atoms with E-state index in [1.807, 2.05) is 24.3 Å². The van der Waals surface area contributed by atoms with E-state index in [4.69, 9.17) is 34.4 Å². The molecule has 0 spiro atoms. The molecule has 4 amide bonds. The number of fused-ring (bicyclic) bond motifs is 1. The molecule has 0 aliphatic rings. The number of carbonyl (C=O) groups is 5. The first-order valence-electron chi connectivity index (χ1n) is 18.3. The van der Waals surface area contributed by atoms with Gasteiger partial charge in [0.05, 0.1) is 6.04 Å². The number of carboxylic acids is 1. The van der Waals surface area contributed by atoms with Crippen LogP contribution < -0.4 is 55.7 Å². The van der Waals surface area contributed by atoms with E-state index in [1.165, 1.54) is 0 Å². The van der Waals surface area contributed by atoms with Gasteiger partial charge < -0.3 is 65.8 Å². The predicted molar refractivity (Wildman–Crippen MR) is 204 cm³/mol. The molecule has 18 nitrogen and oxygen atoms in total. The first-order chi connectivity index (χ1) is 25.4. The number of hydrogen-bond donors (Lipinski definition) is 12. The fraction of sp³-hybridized carbons (Fsp3) is 0.600. The first-order valence-corrected chi connectivity index (χ1v) is 18.3. The van der Waals surface area contributed by atoms with Crippen LogP contribution in [0.15, 0.2) is 35.5 Å². The Labute approximate surface area is 310 Å². The Balaban J connectivity index is 2.36.